The summed E-state index contributed by atoms with van der Waals surface area (Å²) in [5.74, 6) is -1.85. The van der Waals surface area contributed by atoms with Gasteiger partial charge in [0.25, 0.3) is 5.91 Å². The van der Waals surface area contributed by atoms with Gasteiger partial charge in [-0.15, -0.1) is 0 Å². The Kier molecular flexibility index (Phi) is 5.21. The van der Waals surface area contributed by atoms with Gasteiger partial charge in [0.05, 0.1) is 0 Å². The van der Waals surface area contributed by atoms with Crippen LogP contribution in [0.15, 0.2) is 42.7 Å². The van der Waals surface area contributed by atoms with Crippen LogP contribution < -0.4 is 15.5 Å². The third-order valence-corrected chi connectivity index (χ3v) is 4.44. The van der Waals surface area contributed by atoms with Crippen LogP contribution in [0.4, 0.5) is 5.69 Å². The number of nitrogens with zero attached hydrogens (tertiary/aromatic N) is 2. The fourth-order valence-electron chi connectivity index (χ4n) is 3.15. The van der Waals surface area contributed by atoms with Crippen molar-refractivity contribution in [2.24, 2.45) is 0 Å². The van der Waals surface area contributed by atoms with Gasteiger partial charge in [-0.2, -0.15) is 0 Å². The van der Waals surface area contributed by atoms with Gasteiger partial charge in [0, 0.05) is 36.2 Å². The second kappa shape index (κ2) is 7.57. The predicted molar refractivity (Wildman–Crippen MR) is 101 cm³/mol. The molecule has 3 rings (SSSR count). The number of rotatable bonds is 4. The first kappa shape index (κ1) is 18.6. The molecule has 1 aromatic carbocycles. The highest BCUT2D eigenvalue weighted by atomic mass is 16.2. The third kappa shape index (κ3) is 3.81. The zero-order valence-corrected chi connectivity index (χ0v) is 15.5. The SMILES string of the molecule is Cc1ccc2c(c1)[C@@H](NC(=O)C(=O)NCc1ccncc1)C(=O)N2C(C)C. The summed E-state index contributed by atoms with van der Waals surface area (Å²) in [6, 6.07) is 8.25. The highest BCUT2D eigenvalue weighted by Gasteiger charge is 2.40. The standard InChI is InChI=1S/C20H22N4O3/c1-12(2)24-16-5-4-13(3)10-15(16)17(20(24)27)23-19(26)18(25)22-11-14-6-8-21-9-7-14/h4-10,12,17H,11H2,1-3H3,(H,22,25)(H,23,26)/t17-/m1/s1. The van der Waals surface area contributed by atoms with E-state index in [1.165, 1.54) is 0 Å². The molecule has 0 saturated carbocycles. The van der Waals surface area contributed by atoms with Gasteiger partial charge in [0.2, 0.25) is 0 Å². The van der Waals surface area contributed by atoms with Crippen molar-refractivity contribution in [3.63, 3.8) is 0 Å². The van der Waals surface area contributed by atoms with Crippen LogP contribution in [-0.4, -0.2) is 28.7 Å². The molecule has 2 aromatic rings. The van der Waals surface area contributed by atoms with Crippen molar-refractivity contribution in [1.82, 2.24) is 15.6 Å². The molecule has 2 N–H and O–H groups in total. The highest BCUT2D eigenvalue weighted by Crippen LogP contribution is 2.37. The van der Waals surface area contributed by atoms with Crippen molar-refractivity contribution in [1.29, 1.82) is 0 Å². The van der Waals surface area contributed by atoms with E-state index in [2.05, 4.69) is 15.6 Å². The molecular formula is C20H22N4O3. The van der Waals surface area contributed by atoms with E-state index < -0.39 is 17.9 Å². The minimum atomic E-state index is -0.860. The molecular weight excluding hydrogens is 344 g/mol. The summed E-state index contributed by atoms with van der Waals surface area (Å²) in [6.07, 6.45) is 3.22. The van der Waals surface area contributed by atoms with Crippen molar-refractivity contribution in [3.8, 4) is 0 Å². The number of amides is 3. The van der Waals surface area contributed by atoms with Crippen LogP contribution >= 0.6 is 0 Å². The van der Waals surface area contributed by atoms with Crippen LogP contribution in [0.3, 0.4) is 0 Å². The number of nitrogens with one attached hydrogen (secondary N) is 2. The van der Waals surface area contributed by atoms with Crippen LogP contribution in [-0.2, 0) is 20.9 Å². The van der Waals surface area contributed by atoms with Gasteiger partial charge in [-0.3, -0.25) is 19.4 Å². The van der Waals surface area contributed by atoms with E-state index in [1.807, 2.05) is 39.0 Å². The Balaban J connectivity index is 1.72. The summed E-state index contributed by atoms with van der Waals surface area (Å²) in [6.45, 7) is 5.95. The lowest BCUT2D eigenvalue weighted by molar-refractivity contribution is -0.140. The molecule has 1 aromatic heterocycles. The predicted octanol–water partition coefficient (Wildman–Crippen LogP) is 1.62. The Bertz CT molecular complexity index is 880. The zero-order valence-electron chi connectivity index (χ0n) is 15.5. The third-order valence-electron chi connectivity index (χ3n) is 4.44. The number of aromatic nitrogens is 1. The molecule has 0 unspecified atom stereocenters. The summed E-state index contributed by atoms with van der Waals surface area (Å²) in [5, 5.41) is 5.13. The minimum Gasteiger partial charge on any atom is -0.344 e. The molecule has 1 atom stereocenters. The molecule has 27 heavy (non-hydrogen) atoms. The van der Waals surface area contributed by atoms with Crippen LogP contribution in [0.25, 0.3) is 0 Å². The lowest BCUT2D eigenvalue weighted by Gasteiger charge is -2.22. The van der Waals surface area contributed by atoms with Gasteiger partial charge in [-0.1, -0.05) is 17.7 Å². The first-order valence-electron chi connectivity index (χ1n) is 8.79. The number of carbonyl (C=O) groups is 3. The largest absolute Gasteiger partial charge is 0.344 e. The molecule has 0 radical (unpaired) electrons. The normalized spacial score (nSPS) is 15.6. The molecule has 0 fully saturated rings. The Labute approximate surface area is 157 Å². The number of carbonyl (C=O) groups excluding carboxylic acids is 3. The van der Waals surface area contributed by atoms with Gasteiger partial charge >= 0.3 is 11.8 Å². The van der Waals surface area contributed by atoms with E-state index in [4.69, 9.17) is 0 Å². The van der Waals surface area contributed by atoms with E-state index in [0.717, 1.165) is 16.8 Å². The van der Waals surface area contributed by atoms with Crippen LogP contribution in [0.1, 0.15) is 36.6 Å². The zero-order chi connectivity index (χ0) is 19.6. The maximum Gasteiger partial charge on any atom is 0.310 e. The molecule has 0 aliphatic carbocycles. The Morgan fingerprint density at radius 3 is 2.52 bits per heavy atom. The number of benzene rings is 1. The summed E-state index contributed by atoms with van der Waals surface area (Å²) >= 11 is 0. The number of pyridine rings is 1. The van der Waals surface area contributed by atoms with Crippen LogP contribution in [0.2, 0.25) is 0 Å². The summed E-state index contributed by atoms with van der Waals surface area (Å²) < 4.78 is 0. The number of hydrogen-bond donors (Lipinski definition) is 2. The topological polar surface area (TPSA) is 91.4 Å². The molecule has 7 heteroatoms. The maximum atomic E-state index is 12.8. The molecule has 3 amide bonds. The highest BCUT2D eigenvalue weighted by molar-refractivity contribution is 6.35. The number of hydrogen-bond acceptors (Lipinski definition) is 4. The molecule has 140 valence electrons. The summed E-state index contributed by atoms with van der Waals surface area (Å²) in [4.78, 5) is 42.8. The second-order valence-electron chi connectivity index (χ2n) is 6.81. The monoisotopic (exact) mass is 366 g/mol. The molecule has 1 aliphatic heterocycles. The molecule has 2 heterocycles. The van der Waals surface area contributed by atoms with Crippen LogP contribution in [0, 0.1) is 6.92 Å². The van der Waals surface area contributed by atoms with Crippen molar-refractivity contribution in [3.05, 3.63) is 59.4 Å². The minimum absolute atomic E-state index is 0.0543. The average molecular weight is 366 g/mol. The van der Waals surface area contributed by atoms with E-state index >= 15 is 0 Å². The molecule has 0 spiro atoms. The van der Waals surface area contributed by atoms with E-state index in [0.29, 0.717) is 5.56 Å². The molecule has 0 bridgehead atoms. The lowest BCUT2D eigenvalue weighted by atomic mass is 10.1. The van der Waals surface area contributed by atoms with Crippen molar-refractivity contribution in [2.75, 3.05) is 4.90 Å². The number of fused-ring (bicyclic) bond motifs is 1. The van der Waals surface area contributed by atoms with Crippen LogP contribution in [0.5, 0.6) is 0 Å². The summed E-state index contributed by atoms with van der Waals surface area (Å²) in [5.41, 5.74) is 3.29. The molecule has 7 nitrogen and oxygen atoms in total. The van der Waals surface area contributed by atoms with E-state index in [9.17, 15) is 14.4 Å². The maximum absolute atomic E-state index is 12.8. The Morgan fingerprint density at radius 1 is 1.15 bits per heavy atom. The van der Waals surface area contributed by atoms with Gasteiger partial charge in [-0.25, -0.2) is 0 Å². The van der Waals surface area contributed by atoms with Crippen molar-refractivity contribution >= 4 is 23.4 Å². The lowest BCUT2D eigenvalue weighted by Crippen LogP contribution is -2.45. The molecule has 1 aliphatic rings. The van der Waals surface area contributed by atoms with Crippen molar-refractivity contribution < 1.29 is 14.4 Å². The quantitative estimate of drug-likeness (QED) is 0.805. The Hall–Kier alpha value is -3.22. The fraction of sp³-hybridized carbons (Fsp3) is 0.300. The van der Waals surface area contributed by atoms with Crippen molar-refractivity contribution in [2.45, 2.75) is 39.4 Å². The number of aryl methyl sites for hydroxylation is 1. The Morgan fingerprint density at radius 2 is 1.85 bits per heavy atom. The van der Waals surface area contributed by atoms with Gasteiger partial charge in [0.1, 0.15) is 6.04 Å². The fourth-order valence-corrected chi connectivity index (χ4v) is 3.15. The van der Waals surface area contributed by atoms with Gasteiger partial charge < -0.3 is 15.5 Å². The summed E-state index contributed by atoms with van der Waals surface area (Å²) in [7, 11) is 0. The molecule has 0 saturated heterocycles. The van der Waals surface area contributed by atoms with Gasteiger partial charge in [0.15, 0.2) is 0 Å². The smallest absolute Gasteiger partial charge is 0.310 e. The number of anilines is 1. The van der Waals surface area contributed by atoms with Gasteiger partial charge in [-0.05, 0) is 44.5 Å². The van der Waals surface area contributed by atoms with E-state index in [-0.39, 0.29) is 18.5 Å². The first-order valence-corrected chi connectivity index (χ1v) is 8.79. The second-order valence-corrected chi connectivity index (χ2v) is 6.81. The average Bonchev–Trinajstić information content (AvgIpc) is 2.92. The first-order chi connectivity index (χ1) is 12.9. The van der Waals surface area contributed by atoms with E-state index in [1.54, 1.807) is 29.4 Å².